The number of hydrogen-bond donors (Lipinski definition) is 3. The quantitative estimate of drug-likeness (QED) is 0.582. The van der Waals surface area contributed by atoms with Crippen molar-refractivity contribution >= 4 is 23.0 Å². The van der Waals surface area contributed by atoms with E-state index in [0.717, 1.165) is 0 Å². The van der Waals surface area contributed by atoms with Crippen LogP contribution in [0.5, 0.6) is 0 Å². The van der Waals surface area contributed by atoms with E-state index in [4.69, 9.17) is 10.5 Å². The summed E-state index contributed by atoms with van der Waals surface area (Å²) in [4.78, 5) is 23.3. The highest BCUT2D eigenvalue weighted by Gasteiger charge is 2.26. The normalized spacial score (nSPS) is 14.0. The van der Waals surface area contributed by atoms with Crippen molar-refractivity contribution in [3.05, 3.63) is 12.7 Å². The van der Waals surface area contributed by atoms with Gasteiger partial charge in [-0.25, -0.2) is 19.7 Å². The van der Waals surface area contributed by atoms with Gasteiger partial charge in [-0.05, 0) is 6.42 Å². The molecule has 2 aromatic heterocycles. The summed E-state index contributed by atoms with van der Waals surface area (Å²) in [5.41, 5.74) is 6.46. The summed E-state index contributed by atoms with van der Waals surface area (Å²) in [6.07, 6.45) is 0.338. The van der Waals surface area contributed by atoms with Gasteiger partial charge in [0.2, 0.25) is 0 Å². The number of fused-ring (bicyclic) bond motifs is 1. The second kappa shape index (κ2) is 6.46. The Balaban J connectivity index is 2.09. The Bertz CT molecular complexity index is 629. The summed E-state index contributed by atoms with van der Waals surface area (Å²) >= 11 is 0. The molecule has 0 aliphatic rings. The van der Waals surface area contributed by atoms with E-state index >= 15 is 0 Å². The van der Waals surface area contributed by atoms with Crippen LogP contribution in [-0.4, -0.2) is 54.5 Å². The number of nitrogens with zero attached hydrogens (tertiary/aromatic N) is 4. The molecule has 0 saturated heterocycles. The molecule has 9 nitrogen and oxygen atoms in total. The Labute approximate surface area is 120 Å². The van der Waals surface area contributed by atoms with Crippen molar-refractivity contribution in [2.45, 2.75) is 32.1 Å². The van der Waals surface area contributed by atoms with Gasteiger partial charge in [-0.1, -0.05) is 6.92 Å². The second-order valence-electron chi connectivity index (χ2n) is 4.51. The zero-order valence-corrected chi connectivity index (χ0v) is 11.5. The van der Waals surface area contributed by atoms with Crippen molar-refractivity contribution < 1.29 is 19.7 Å². The van der Waals surface area contributed by atoms with Crippen LogP contribution < -0.4 is 5.73 Å². The highest BCUT2D eigenvalue weighted by molar-refractivity contribution is 5.81. The van der Waals surface area contributed by atoms with Crippen LogP contribution in [0.25, 0.3) is 11.2 Å². The minimum Gasteiger partial charge on any atom is -0.464 e. The van der Waals surface area contributed by atoms with Crippen LogP contribution in [0, 0.1) is 0 Å². The highest BCUT2D eigenvalue weighted by Crippen LogP contribution is 2.15. The smallest absolute Gasteiger partial charge is 0.337 e. The molecule has 2 atom stereocenters. The summed E-state index contributed by atoms with van der Waals surface area (Å²) in [5.74, 6) is -0.640. The van der Waals surface area contributed by atoms with E-state index in [9.17, 15) is 15.0 Å². The molecular weight excluding hydrogens is 278 g/mol. The van der Waals surface area contributed by atoms with Gasteiger partial charge in [-0.15, -0.1) is 0 Å². The number of aliphatic hydroxyl groups excluding tert-OH is 2. The Morgan fingerprint density at radius 2 is 2.19 bits per heavy atom. The summed E-state index contributed by atoms with van der Waals surface area (Å²) < 4.78 is 6.26. The fourth-order valence-electron chi connectivity index (χ4n) is 1.78. The van der Waals surface area contributed by atoms with Gasteiger partial charge in [0.05, 0.1) is 19.5 Å². The molecule has 0 aromatic carbocycles. The van der Waals surface area contributed by atoms with Crippen LogP contribution in [0.1, 0.15) is 13.3 Å². The molecule has 0 radical (unpaired) electrons. The Morgan fingerprint density at radius 3 is 2.90 bits per heavy atom. The van der Waals surface area contributed by atoms with E-state index in [0.29, 0.717) is 17.6 Å². The third-order valence-corrected chi connectivity index (χ3v) is 2.87. The Hall–Kier alpha value is -2.26. The SMILES string of the molecule is CCCOC(=O)[C@H](O)[C@H](O)Cn1cnc2c(N)ncnc21. The Morgan fingerprint density at radius 1 is 1.43 bits per heavy atom. The summed E-state index contributed by atoms with van der Waals surface area (Å²) in [6, 6.07) is 0. The number of imidazole rings is 1. The van der Waals surface area contributed by atoms with Crippen LogP contribution in [0.15, 0.2) is 12.7 Å². The summed E-state index contributed by atoms with van der Waals surface area (Å²) in [6.45, 7) is 1.95. The molecule has 0 fully saturated rings. The number of ether oxygens (including phenoxy) is 1. The largest absolute Gasteiger partial charge is 0.464 e. The molecule has 2 heterocycles. The molecule has 9 heteroatoms. The number of aliphatic hydroxyl groups is 2. The maximum atomic E-state index is 11.5. The first-order valence-corrected chi connectivity index (χ1v) is 6.48. The molecule has 4 N–H and O–H groups in total. The van der Waals surface area contributed by atoms with Gasteiger partial charge in [0.1, 0.15) is 17.9 Å². The zero-order valence-electron chi connectivity index (χ0n) is 11.5. The number of esters is 1. The number of carbonyl (C=O) groups excluding carboxylic acids is 1. The van der Waals surface area contributed by atoms with Crippen molar-refractivity contribution in [3.8, 4) is 0 Å². The standard InChI is InChI=1S/C12H17N5O4/c1-2-3-21-12(20)9(19)7(18)4-17-6-16-8-10(13)14-5-15-11(8)17/h5-7,9,18-19H,2-4H2,1H3,(H2,13,14,15)/t7-,9-/m1/s1. The highest BCUT2D eigenvalue weighted by atomic mass is 16.5. The van der Waals surface area contributed by atoms with E-state index in [2.05, 4.69) is 15.0 Å². The topological polar surface area (TPSA) is 136 Å². The van der Waals surface area contributed by atoms with E-state index in [1.165, 1.54) is 17.2 Å². The fourth-order valence-corrected chi connectivity index (χ4v) is 1.78. The third-order valence-electron chi connectivity index (χ3n) is 2.87. The molecule has 0 spiro atoms. The maximum Gasteiger partial charge on any atom is 0.337 e. The Kier molecular flexibility index (Phi) is 4.66. The van der Waals surface area contributed by atoms with Crippen LogP contribution >= 0.6 is 0 Å². The molecule has 0 aliphatic carbocycles. The molecule has 0 aliphatic heterocycles. The average molecular weight is 295 g/mol. The van der Waals surface area contributed by atoms with E-state index in [1.54, 1.807) is 0 Å². The number of anilines is 1. The molecule has 0 amide bonds. The number of nitrogen functional groups attached to an aromatic ring is 1. The lowest BCUT2D eigenvalue weighted by molar-refractivity contribution is -0.160. The van der Waals surface area contributed by atoms with Crippen LogP contribution in [0.4, 0.5) is 5.82 Å². The molecule has 114 valence electrons. The number of hydrogen-bond acceptors (Lipinski definition) is 8. The third kappa shape index (κ3) is 3.26. The van der Waals surface area contributed by atoms with Crippen LogP contribution in [0.3, 0.4) is 0 Å². The van der Waals surface area contributed by atoms with Gasteiger partial charge >= 0.3 is 5.97 Å². The minimum absolute atomic E-state index is 0.0741. The number of nitrogens with two attached hydrogens (primary N) is 1. The fraction of sp³-hybridized carbons (Fsp3) is 0.500. The molecule has 2 rings (SSSR count). The van der Waals surface area contributed by atoms with E-state index in [1.807, 2.05) is 6.92 Å². The van der Waals surface area contributed by atoms with Crippen LogP contribution in [0.2, 0.25) is 0 Å². The lowest BCUT2D eigenvalue weighted by Gasteiger charge is -2.17. The van der Waals surface area contributed by atoms with E-state index < -0.39 is 18.2 Å². The monoisotopic (exact) mass is 295 g/mol. The molecular formula is C12H17N5O4. The number of rotatable bonds is 6. The minimum atomic E-state index is -1.63. The van der Waals surface area contributed by atoms with Crippen molar-refractivity contribution in [1.29, 1.82) is 0 Å². The lowest BCUT2D eigenvalue weighted by atomic mass is 10.2. The predicted octanol–water partition coefficient (Wildman–Crippen LogP) is -0.917. The van der Waals surface area contributed by atoms with Crippen molar-refractivity contribution in [1.82, 2.24) is 19.5 Å². The van der Waals surface area contributed by atoms with E-state index in [-0.39, 0.29) is 19.0 Å². The van der Waals surface area contributed by atoms with Crippen molar-refractivity contribution in [3.63, 3.8) is 0 Å². The van der Waals surface area contributed by atoms with Gasteiger partial charge in [0.15, 0.2) is 17.6 Å². The van der Waals surface area contributed by atoms with Crippen molar-refractivity contribution in [2.75, 3.05) is 12.3 Å². The first-order chi connectivity index (χ1) is 10.0. The second-order valence-corrected chi connectivity index (χ2v) is 4.51. The molecule has 21 heavy (non-hydrogen) atoms. The van der Waals surface area contributed by atoms with Crippen LogP contribution in [-0.2, 0) is 16.1 Å². The zero-order chi connectivity index (χ0) is 15.4. The molecule has 0 saturated carbocycles. The van der Waals surface area contributed by atoms with Gasteiger partial charge in [-0.2, -0.15) is 0 Å². The number of carbonyl (C=O) groups is 1. The van der Waals surface area contributed by atoms with Gasteiger partial charge in [0, 0.05) is 0 Å². The predicted molar refractivity (Wildman–Crippen MR) is 73.0 cm³/mol. The molecule has 0 bridgehead atoms. The molecule has 0 unspecified atom stereocenters. The van der Waals surface area contributed by atoms with Gasteiger partial charge < -0.3 is 25.3 Å². The van der Waals surface area contributed by atoms with Gasteiger partial charge in [-0.3, -0.25) is 0 Å². The summed E-state index contributed by atoms with van der Waals surface area (Å²) in [7, 11) is 0. The van der Waals surface area contributed by atoms with Crippen molar-refractivity contribution in [2.24, 2.45) is 0 Å². The lowest BCUT2D eigenvalue weighted by Crippen LogP contribution is -2.38. The average Bonchev–Trinajstić information content (AvgIpc) is 2.88. The number of aromatic nitrogens is 4. The molecule has 2 aromatic rings. The first-order valence-electron chi connectivity index (χ1n) is 6.48. The first kappa shape index (κ1) is 15.1. The summed E-state index contributed by atoms with van der Waals surface area (Å²) in [5, 5.41) is 19.6. The van der Waals surface area contributed by atoms with Gasteiger partial charge in [0.25, 0.3) is 0 Å². The maximum absolute atomic E-state index is 11.5.